The van der Waals surface area contributed by atoms with Crippen LogP contribution in [0.1, 0.15) is 22.6 Å². The van der Waals surface area contributed by atoms with Gasteiger partial charge in [0.05, 0.1) is 6.26 Å². The molecule has 3 aromatic rings. The molecule has 2 aromatic carbocycles. The van der Waals surface area contributed by atoms with Gasteiger partial charge in [0.25, 0.3) is 0 Å². The summed E-state index contributed by atoms with van der Waals surface area (Å²) in [4.78, 5) is 2.18. The fraction of sp³-hybridized carbons (Fsp3) is 0.222. The van der Waals surface area contributed by atoms with Crippen LogP contribution in [-0.4, -0.2) is 18.5 Å². The predicted molar refractivity (Wildman–Crippen MR) is 80.7 cm³/mol. The Morgan fingerprint density at radius 1 is 1.09 bits per heavy atom. The second kappa shape index (κ2) is 4.92. The van der Waals surface area contributed by atoms with Crippen LogP contribution in [-0.2, 0) is 6.54 Å². The zero-order valence-corrected chi connectivity index (χ0v) is 12.1. The Kier molecular flexibility index (Phi) is 3.01. The third-order valence-corrected chi connectivity index (χ3v) is 4.38. The minimum Gasteiger partial charge on any atom is -0.464 e. The minimum absolute atomic E-state index is 0.0290. The number of hydrogen-bond acceptors (Lipinski definition) is 2. The lowest BCUT2D eigenvalue weighted by molar-refractivity contribution is 0.294. The molecule has 0 radical (unpaired) electrons. The van der Waals surface area contributed by atoms with Gasteiger partial charge in [-0.25, -0.2) is 8.78 Å². The van der Waals surface area contributed by atoms with Crippen molar-refractivity contribution < 1.29 is 13.2 Å². The maximum Gasteiger partial charge on any atom is 0.159 e. The molecule has 2 heterocycles. The van der Waals surface area contributed by atoms with E-state index in [1.54, 1.807) is 12.3 Å². The van der Waals surface area contributed by atoms with Crippen molar-refractivity contribution in [2.45, 2.75) is 12.5 Å². The molecule has 0 saturated heterocycles. The molecule has 0 saturated carbocycles. The molecule has 4 heteroatoms. The van der Waals surface area contributed by atoms with E-state index in [9.17, 15) is 8.78 Å². The van der Waals surface area contributed by atoms with E-state index in [2.05, 4.69) is 11.0 Å². The first-order valence-corrected chi connectivity index (χ1v) is 7.26. The molecule has 1 aromatic heterocycles. The van der Waals surface area contributed by atoms with Gasteiger partial charge in [-0.15, -0.1) is 0 Å². The lowest BCUT2D eigenvalue weighted by Gasteiger charge is -2.32. The normalized spacial score (nSPS) is 18.6. The molecule has 112 valence electrons. The zero-order chi connectivity index (χ0) is 15.3. The number of nitrogens with zero attached hydrogens (tertiary/aromatic N) is 1. The van der Waals surface area contributed by atoms with Gasteiger partial charge in [0, 0.05) is 30.0 Å². The molecule has 1 unspecified atom stereocenters. The van der Waals surface area contributed by atoms with Gasteiger partial charge >= 0.3 is 0 Å². The first-order chi connectivity index (χ1) is 10.6. The summed E-state index contributed by atoms with van der Waals surface area (Å²) < 4.78 is 32.6. The Bertz CT molecular complexity index is 855. The van der Waals surface area contributed by atoms with Gasteiger partial charge < -0.3 is 9.32 Å². The van der Waals surface area contributed by atoms with Crippen molar-refractivity contribution in [2.75, 3.05) is 13.6 Å². The Balaban J connectivity index is 1.94. The van der Waals surface area contributed by atoms with E-state index < -0.39 is 11.6 Å². The van der Waals surface area contributed by atoms with Gasteiger partial charge in [0.1, 0.15) is 5.58 Å². The molecule has 0 N–H and O–H groups in total. The summed E-state index contributed by atoms with van der Waals surface area (Å²) in [6, 6.07) is 10.2. The summed E-state index contributed by atoms with van der Waals surface area (Å²) in [6.07, 6.45) is 1.67. The molecule has 0 fully saturated rings. The summed E-state index contributed by atoms with van der Waals surface area (Å²) in [5, 5.41) is 1.04. The third-order valence-electron chi connectivity index (χ3n) is 4.38. The Morgan fingerprint density at radius 3 is 2.77 bits per heavy atom. The number of benzene rings is 2. The van der Waals surface area contributed by atoms with Gasteiger partial charge in [0.15, 0.2) is 11.6 Å². The average Bonchev–Trinajstić information content (AvgIpc) is 2.97. The van der Waals surface area contributed by atoms with Crippen LogP contribution in [0, 0.1) is 11.6 Å². The highest BCUT2D eigenvalue weighted by Gasteiger charge is 2.28. The van der Waals surface area contributed by atoms with E-state index in [0.717, 1.165) is 35.2 Å². The van der Waals surface area contributed by atoms with Crippen molar-refractivity contribution in [3.05, 3.63) is 71.0 Å². The summed E-state index contributed by atoms with van der Waals surface area (Å²) in [6.45, 7) is 1.57. The third kappa shape index (κ3) is 2.03. The molecule has 1 aliphatic rings. The Labute approximate surface area is 127 Å². The van der Waals surface area contributed by atoms with Crippen LogP contribution < -0.4 is 0 Å². The molecule has 0 bridgehead atoms. The van der Waals surface area contributed by atoms with E-state index >= 15 is 0 Å². The highest BCUT2D eigenvalue weighted by atomic mass is 19.2. The standard InChI is InChI=1S/C18H15F2NO/c1-21-9-13-3-2-11-6-7-22-18(11)17(13)14(10-21)12-4-5-15(19)16(20)8-12/h2-8,14H,9-10H2,1H3. The fourth-order valence-electron chi connectivity index (χ4n) is 3.37. The molecule has 0 aliphatic carbocycles. The summed E-state index contributed by atoms with van der Waals surface area (Å²) >= 11 is 0. The van der Waals surface area contributed by atoms with Gasteiger partial charge in [0.2, 0.25) is 0 Å². The van der Waals surface area contributed by atoms with Crippen molar-refractivity contribution in [2.24, 2.45) is 0 Å². The second-order valence-electron chi connectivity index (χ2n) is 5.90. The lowest BCUT2D eigenvalue weighted by atomic mass is 9.84. The maximum atomic E-state index is 13.6. The van der Waals surface area contributed by atoms with E-state index in [0.29, 0.717) is 0 Å². The lowest BCUT2D eigenvalue weighted by Crippen LogP contribution is -2.31. The summed E-state index contributed by atoms with van der Waals surface area (Å²) in [5.74, 6) is -1.65. The first-order valence-electron chi connectivity index (χ1n) is 7.26. The van der Waals surface area contributed by atoms with Crippen molar-refractivity contribution >= 4 is 11.0 Å². The van der Waals surface area contributed by atoms with Crippen molar-refractivity contribution in [1.29, 1.82) is 0 Å². The molecule has 2 nitrogen and oxygen atoms in total. The number of halogens is 2. The number of likely N-dealkylation sites (N-methyl/N-ethyl adjacent to an activating group) is 1. The summed E-state index contributed by atoms with van der Waals surface area (Å²) in [7, 11) is 2.03. The SMILES string of the molecule is CN1Cc2ccc3ccoc3c2C(c2ccc(F)c(F)c2)C1. The van der Waals surface area contributed by atoms with Crippen LogP contribution in [0.15, 0.2) is 47.1 Å². The Hall–Kier alpha value is -2.20. The van der Waals surface area contributed by atoms with Crippen molar-refractivity contribution in [3.63, 3.8) is 0 Å². The first kappa shape index (κ1) is 13.5. The molecule has 4 rings (SSSR count). The monoisotopic (exact) mass is 299 g/mol. The molecule has 0 spiro atoms. The van der Waals surface area contributed by atoms with E-state index in [1.165, 1.54) is 17.7 Å². The number of fused-ring (bicyclic) bond motifs is 3. The van der Waals surface area contributed by atoms with Crippen LogP contribution in [0.25, 0.3) is 11.0 Å². The van der Waals surface area contributed by atoms with E-state index in [-0.39, 0.29) is 5.92 Å². The topological polar surface area (TPSA) is 16.4 Å². The van der Waals surface area contributed by atoms with Crippen LogP contribution in [0.3, 0.4) is 0 Å². The largest absolute Gasteiger partial charge is 0.464 e. The zero-order valence-electron chi connectivity index (χ0n) is 12.1. The van der Waals surface area contributed by atoms with Crippen molar-refractivity contribution in [1.82, 2.24) is 4.90 Å². The highest BCUT2D eigenvalue weighted by molar-refractivity contribution is 5.83. The number of furan rings is 1. The predicted octanol–water partition coefficient (Wildman–Crippen LogP) is 4.29. The number of rotatable bonds is 1. The molecule has 0 amide bonds. The van der Waals surface area contributed by atoms with Crippen molar-refractivity contribution in [3.8, 4) is 0 Å². The smallest absolute Gasteiger partial charge is 0.159 e. The summed E-state index contributed by atoms with van der Waals surface area (Å²) in [5.41, 5.74) is 3.88. The Morgan fingerprint density at radius 2 is 1.95 bits per heavy atom. The van der Waals surface area contributed by atoms with E-state index in [4.69, 9.17) is 4.42 Å². The van der Waals surface area contributed by atoms with Gasteiger partial charge in [-0.3, -0.25) is 0 Å². The van der Waals surface area contributed by atoms with Crippen LogP contribution in [0.4, 0.5) is 8.78 Å². The molecule has 22 heavy (non-hydrogen) atoms. The van der Waals surface area contributed by atoms with Gasteiger partial charge in [-0.05, 0) is 36.4 Å². The molecular formula is C18H15F2NO. The maximum absolute atomic E-state index is 13.6. The average molecular weight is 299 g/mol. The van der Waals surface area contributed by atoms with Gasteiger partial charge in [-0.1, -0.05) is 18.2 Å². The highest BCUT2D eigenvalue weighted by Crippen LogP contribution is 2.38. The van der Waals surface area contributed by atoms with Gasteiger partial charge in [-0.2, -0.15) is 0 Å². The molecule has 1 aliphatic heterocycles. The quantitative estimate of drug-likeness (QED) is 0.666. The van der Waals surface area contributed by atoms with E-state index in [1.807, 2.05) is 19.2 Å². The van der Waals surface area contributed by atoms with Crippen LogP contribution in [0.5, 0.6) is 0 Å². The van der Waals surface area contributed by atoms with Crippen LogP contribution >= 0.6 is 0 Å². The molecule has 1 atom stereocenters. The second-order valence-corrected chi connectivity index (χ2v) is 5.90. The fourth-order valence-corrected chi connectivity index (χ4v) is 3.37. The minimum atomic E-state index is -0.815. The van der Waals surface area contributed by atoms with Crippen LogP contribution in [0.2, 0.25) is 0 Å². The molecular weight excluding hydrogens is 284 g/mol. The number of hydrogen-bond donors (Lipinski definition) is 0.